The molecule has 9 nitrogen and oxygen atoms in total. The number of carbonyl (C=O) groups excluding carboxylic acids is 1. The Labute approximate surface area is 212 Å². The minimum atomic E-state index is -0.467. The molecule has 1 saturated carbocycles. The predicted octanol–water partition coefficient (Wildman–Crippen LogP) is 3.88. The van der Waals surface area contributed by atoms with Crippen LogP contribution < -0.4 is 19.3 Å². The van der Waals surface area contributed by atoms with Crippen LogP contribution in [0.15, 0.2) is 36.7 Å². The fourth-order valence-corrected chi connectivity index (χ4v) is 5.85. The van der Waals surface area contributed by atoms with Crippen LogP contribution in [-0.2, 0) is 4.74 Å². The lowest BCUT2D eigenvalue weighted by molar-refractivity contribution is 0.0366. The van der Waals surface area contributed by atoms with Gasteiger partial charge in [0.05, 0.1) is 31.7 Å². The molecule has 4 fully saturated rings. The van der Waals surface area contributed by atoms with Crippen molar-refractivity contribution in [2.45, 2.75) is 62.7 Å². The summed E-state index contributed by atoms with van der Waals surface area (Å²) in [5.74, 6) is 0.955. The maximum atomic E-state index is 12.6. The highest BCUT2D eigenvalue weighted by Gasteiger charge is 2.47. The fourth-order valence-electron chi connectivity index (χ4n) is 5.85. The number of rotatable bonds is 6. The summed E-state index contributed by atoms with van der Waals surface area (Å²) in [6.07, 6.45) is 11.1. The number of benzene rings is 1. The number of methoxy groups -OCH3 is 1. The zero-order valence-corrected chi connectivity index (χ0v) is 21.0. The second-order valence-corrected chi connectivity index (χ2v) is 10.5. The van der Waals surface area contributed by atoms with Gasteiger partial charge in [-0.05, 0) is 49.9 Å². The van der Waals surface area contributed by atoms with Gasteiger partial charge in [0.1, 0.15) is 17.5 Å². The molecule has 1 aromatic heterocycles. The smallest absolute Gasteiger partial charge is 0.415 e. The Kier molecular flexibility index (Phi) is 6.33. The van der Waals surface area contributed by atoms with Gasteiger partial charge in [0, 0.05) is 50.7 Å². The van der Waals surface area contributed by atoms with E-state index in [0.29, 0.717) is 18.3 Å². The quantitative estimate of drug-likeness (QED) is 0.600. The van der Waals surface area contributed by atoms with E-state index >= 15 is 0 Å². The molecule has 6 rings (SSSR count). The van der Waals surface area contributed by atoms with Crippen molar-refractivity contribution in [3.8, 4) is 11.8 Å². The van der Waals surface area contributed by atoms with Crippen LogP contribution in [0.5, 0.6) is 11.8 Å². The van der Waals surface area contributed by atoms with Crippen molar-refractivity contribution < 1.29 is 19.0 Å². The van der Waals surface area contributed by atoms with Gasteiger partial charge in [0.25, 0.3) is 0 Å². The van der Waals surface area contributed by atoms with Crippen molar-refractivity contribution >= 4 is 17.5 Å². The molecular formula is C27H35N5O4. The van der Waals surface area contributed by atoms with Crippen molar-refractivity contribution in [3.63, 3.8) is 0 Å². The lowest BCUT2D eigenvalue weighted by Crippen LogP contribution is -2.47. The molecule has 0 bridgehead atoms. The highest BCUT2D eigenvalue weighted by molar-refractivity contribution is 5.90. The lowest BCUT2D eigenvalue weighted by atomic mass is 9.90. The van der Waals surface area contributed by atoms with Gasteiger partial charge in [-0.25, -0.2) is 14.8 Å². The number of likely N-dealkylation sites (tertiary alicyclic amines) is 1. The van der Waals surface area contributed by atoms with Crippen molar-refractivity contribution in [2.75, 3.05) is 49.6 Å². The topological polar surface area (TPSA) is 80.3 Å². The first-order chi connectivity index (χ1) is 17.6. The molecule has 1 aliphatic carbocycles. The van der Waals surface area contributed by atoms with E-state index in [0.717, 1.165) is 63.7 Å². The molecule has 2 aromatic rings. The van der Waals surface area contributed by atoms with Crippen LogP contribution in [0.2, 0.25) is 0 Å². The van der Waals surface area contributed by atoms with Crippen LogP contribution in [0.1, 0.15) is 44.9 Å². The largest absolute Gasteiger partial charge is 0.490 e. The molecular weight excluding hydrogens is 458 g/mol. The number of piperidine rings is 2. The number of anilines is 2. The van der Waals surface area contributed by atoms with Crippen LogP contribution in [0.3, 0.4) is 0 Å². The summed E-state index contributed by atoms with van der Waals surface area (Å²) in [6.45, 7) is 4.51. The normalized spacial score (nSPS) is 23.0. The maximum Gasteiger partial charge on any atom is 0.415 e. The van der Waals surface area contributed by atoms with Crippen molar-refractivity contribution in [1.82, 2.24) is 14.9 Å². The van der Waals surface area contributed by atoms with E-state index in [-0.39, 0.29) is 12.1 Å². The Balaban J connectivity index is 1.00. The van der Waals surface area contributed by atoms with E-state index in [1.807, 2.05) is 0 Å². The van der Waals surface area contributed by atoms with E-state index in [4.69, 9.17) is 14.2 Å². The third-order valence-electron chi connectivity index (χ3n) is 8.33. The zero-order valence-electron chi connectivity index (χ0n) is 21.0. The van der Waals surface area contributed by atoms with Crippen molar-refractivity contribution in [2.24, 2.45) is 0 Å². The van der Waals surface area contributed by atoms with E-state index in [2.05, 4.69) is 44.0 Å². The Hall–Kier alpha value is -3.07. The van der Waals surface area contributed by atoms with Gasteiger partial charge >= 0.3 is 12.1 Å². The summed E-state index contributed by atoms with van der Waals surface area (Å²) in [5, 5.41) is 0. The van der Waals surface area contributed by atoms with Gasteiger partial charge in [-0.1, -0.05) is 6.42 Å². The number of nitrogens with zero attached hydrogens (tertiary/aromatic N) is 5. The molecule has 0 unspecified atom stereocenters. The first kappa shape index (κ1) is 23.3. The summed E-state index contributed by atoms with van der Waals surface area (Å²) >= 11 is 0. The maximum absolute atomic E-state index is 12.6. The van der Waals surface area contributed by atoms with Gasteiger partial charge in [-0.3, -0.25) is 4.90 Å². The van der Waals surface area contributed by atoms with E-state index < -0.39 is 5.60 Å². The number of ether oxygens (including phenoxy) is 3. The van der Waals surface area contributed by atoms with Crippen LogP contribution >= 0.6 is 0 Å². The molecule has 1 aromatic carbocycles. The number of amides is 1. The predicted molar refractivity (Wildman–Crippen MR) is 136 cm³/mol. The molecule has 0 atom stereocenters. The van der Waals surface area contributed by atoms with Gasteiger partial charge < -0.3 is 24.0 Å². The standard InChI is InChI=1S/C27H35N5O4/c1-34-25-28-17-22(18-29-25)32-19-27(36-26(32)33)11-15-31(16-12-27)21-5-7-23(8-6-21)35-24-9-13-30(14-10-24)20-3-2-4-20/h5-8,17-18,20,24H,2-4,9-16,19H2,1H3. The van der Waals surface area contributed by atoms with Gasteiger partial charge in [0.15, 0.2) is 0 Å². The third-order valence-corrected chi connectivity index (χ3v) is 8.33. The first-order valence-electron chi connectivity index (χ1n) is 13.2. The Morgan fingerprint density at radius 1 is 0.944 bits per heavy atom. The lowest BCUT2D eigenvalue weighted by Gasteiger charge is -2.41. The fraction of sp³-hybridized carbons (Fsp3) is 0.593. The van der Waals surface area contributed by atoms with Gasteiger partial charge in [-0.15, -0.1) is 0 Å². The summed E-state index contributed by atoms with van der Waals surface area (Å²) in [7, 11) is 1.52. The number of hydrogen-bond acceptors (Lipinski definition) is 8. The van der Waals surface area contributed by atoms with Crippen molar-refractivity contribution in [1.29, 1.82) is 0 Å². The second-order valence-electron chi connectivity index (χ2n) is 10.5. The molecule has 192 valence electrons. The number of hydrogen-bond donors (Lipinski definition) is 0. The average Bonchev–Trinajstić information content (AvgIpc) is 3.20. The van der Waals surface area contributed by atoms with Gasteiger partial charge in [-0.2, -0.15) is 0 Å². The molecule has 3 saturated heterocycles. The Bertz CT molecular complexity index is 1040. The molecule has 0 radical (unpaired) electrons. The molecule has 1 amide bonds. The highest BCUT2D eigenvalue weighted by Crippen LogP contribution is 2.37. The minimum Gasteiger partial charge on any atom is -0.490 e. The van der Waals surface area contributed by atoms with Crippen LogP contribution in [0.4, 0.5) is 16.2 Å². The number of aromatic nitrogens is 2. The Morgan fingerprint density at radius 2 is 1.64 bits per heavy atom. The van der Waals surface area contributed by atoms with Crippen molar-refractivity contribution in [3.05, 3.63) is 36.7 Å². The summed E-state index contributed by atoms with van der Waals surface area (Å²) < 4.78 is 17.2. The molecule has 1 spiro atoms. The average molecular weight is 494 g/mol. The molecule has 4 aliphatic rings. The van der Waals surface area contributed by atoms with E-state index in [1.165, 1.54) is 32.1 Å². The highest BCUT2D eigenvalue weighted by atomic mass is 16.6. The molecule has 0 N–H and O–H groups in total. The van der Waals surface area contributed by atoms with Crippen LogP contribution in [-0.4, -0.2) is 78.5 Å². The minimum absolute atomic E-state index is 0.278. The van der Waals surface area contributed by atoms with Crippen LogP contribution in [0.25, 0.3) is 0 Å². The van der Waals surface area contributed by atoms with Gasteiger partial charge in [0.2, 0.25) is 0 Å². The molecule has 36 heavy (non-hydrogen) atoms. The second kappa shape index (κ2) is 9.76. The zero-order chi connectivity index (χ0) is 24.5. The van der Waals surface area contributed by atoms with E-state index in [1.54, 1.807) is 17.3 Å². The molecule has 4 heterocycles. The Morgan fingerprint density at radius 3 is 2.25 bits per heavy atom. The summed E-state index contributed by atoms with van der Waals surface area (Å²) in [6, 6.07) is 9.61. The van der Waals surface area contributed by atoms with Crippen LogP contribution in [0, 0.1) is 0 Å². The third kappa shape index (κ3) is 4.68. The summed E-state index contributed by atoms with van der Waals surface area (Å²) in [5.41, 5.74) is 1.34. The summed E-state index contributed by atoms with van der Waals surface area (Å²) in [4.78, 5) is 27.5. The number of carbonyl (C=O) groups is 1. The SMILES string of the molecule is COc1ncc(N2CC3(CCN(c4ccc(OC5CCN(C6CCC6)CC5)cc4)CC3)OC2=O)cn1. The monoisotopic (exact) mass is 493 g/mol. The first-order valence-corrected chi connectivity index (χ1v) is 13.2. The molecule has 9 heteroatoms. The van der Waals surface area contributed by atoms with E-state index in [9.17, 15) is 4.79 Å². The molecule has 3 aliphatic heterocycles.